The van der Waals surface area contributed by atoms with Crippen LogP contribution in [-0.4, -0.2) is 147 Å². The number of thiocarbonyl (C=S) groups is 3. The van der Waals surface area contributed by atoms with Gasteiger partial charge < -0.3 is 35.2 Å². The minimum absolute atomic E-state index is 0.612. The predicted octanol–water partition coefficient (Wildman–Crippen LogP) is 1.26. The standard InChI is InChI=1S/C13H15N5S.C10H15N5S.C9H13N3.C7H6N4S.H4N2/c19-13(18-6-5-14-11-18)17-9-7-16(8-10-17)12-3-1-2-4-15-12;11-13-10(16)15-7-5-14(6-8-15)9-3-1-2-4-12-9;1-2-4-11-9(3-1)12-7-5-10-6-8-12;12-7(10-3-1-8-5-10)11-4-2-9-6-11;1-2/h1-6,11H,7-10H2;1-4H,5-8,11H2,(H,13,16);1-4,10H,5-8H2;1-6H;1-2H2. The number of pyridine rings is 3. The van der Waals surface area contributed by atoms with Crippen LogP contribution >= 0.6 is 36.7 Å². The summed E-state index contributed by atoms with van der Waals surface area (Å²) in [5.41, 5.74) is 2.51. The summed E-state index contributed by atoms with van der Waals surface area (Å²) >= 11 is 15.7. The molecule has 0 aromatic carbocycles. The van der Waals surface area contributed by atoms with Gasteiger partial charge in [0.1, 0.15) is 36.4 Å². The minimum Gasteiger partial charge on any atom is -0.354 e. The van der Waals surface area contributed by atoms with Gasteiger partial charge in [0.25, 0.3) is 0 Å². The second-order valence-electron chi connectivity index (χ2n) is 13.2. The normalized spacial score (nSPS) is 14.6. The van der Waals surface area contributed by atoms with E-state index in [0.29, 0.717) is 10.2 Å². The Labute approximate surface area is 372 Å². The molecule has 61 heavy (non-hydrogen) atoms. The molecule has 9 heterocycles. The van der Waals surface area contributed by atoms with Crippen LogP contribution in [0.2, 0.25) is 0 Å². The summed E-state index contributed by atoms with van der Waals surface area (Å²) in [7, 11) is 0. The number of nitrogens with two attached hydrogens (primary N) is 3. The number of rotatable bonds is 3. The van der Waals surface area contributed by atoms with Crippen molar-refractivity contribution in [2.75, 3.05) is 93.2 Å². The van der Waals surface area contributed by atoms with Gasteiger partial charge in [-0.2, -0.15) is 0 Å². The van der Waals surface area contributed by atoms with Crippen molar-refractivity contribution in [1.29, 1.82) is 0 Å². The van der Waals surface area contributed by atoms with Gasteiger partial charge >= 0.3 is 0 Å². The topological polar surface area (TPSA) is 210 Å². The molecule has 3 aliphatic heterocycles. The molecular formula is C39H53N19S3. The lowest BCUT2D eigenvalue weighted by Gasteiger charge is -2.36. The largest absolute Gasteiger partial charge is 0.354 e. The van der Waals surface area contributed by atoms with Crippen molar-refractivity contribution < 1.29 is 0 Å². The number of nitrogens with zero attached hydrogens (tertiary/aromatic N) is 14. The molecule has 22 heteroatoms. The Morgan fingerprint density at radius 1 is 0.492 bits per heavy atom. The molecule has 0 aliphatic carbocycles. The number of anilines is 3. The van der Waals surface area contributed by atoms with Crippen LogP contribution in [0.15, 0.2) is 129 Å². The molecule has 0 spiro atoms. The van der Waals surface area contributed by atoms with E-state index in [4.69, 9.17) is 42.5 Å². The zero-order valence-corrected chi connectivity index (χ0v) is 36.3. The van der Waals surface area contributed by atoms with Crippen LogP contribution in [0.1, 0.15) is 0 Å². The first kappa shape index (κ1) is 46.1. The van der Waals surface area contributed by atoms with Gasteiger partial charge in [-0.05, 0) is 73.1 Å². The number of hydrogen-bond acceptors (Lipinski definition) is 16. The Morgan fingerprint density at radius 2 is 0.869 bits per heavy atom. The monoisotopic (exact) mass is 883 g/mol. The molecule has 3 aliphatic rings. The molecule has 0 saturated carbocycles. The van der Waals surface area contributed by atoms with Gasteiger partial charge in [0.05, 0.1) is 0 Å². The molecule has 0 amide bonds. The maximum Gasteiger partial charge on any atom is 0.190 e. The fourth-order valence-corrected chi connectivity index (χ4v) is 6.98. The van der Waals surface area contributed by atoms with Crippen LogP contribution in [0.4, 0.5) is 17.5 Å². The van der Waals surface area contributed by atoms with Gasteiger partial charge in [0.2, 0.25) is 0 Å². The lowest BCUT2D eigenvalue weighted by atomic mass is 10.3. The van der Waals surface area contributed by atoms with E-state index in [9.17, 15) is 0 Å². The Bertz CT molecular complexity index is 2030. The number of aromatic nitrogens is 9. The van der Waals surface area contributed by atoms with Crippen molar-refractivity contribution in [3.63, 3.8) is 0 Å². The molecule has 3 fully saturated rings. The van der Waals surface area contributed by atoms with Crippen LogP contribution in [0.3, 0.4) is 0 Å². The zero-order valence-electron chi connectivity index (χ0n) is 33.8. The molecule has 0 bridgehead atoms. The van der Waals surface area contributed by atoms with Crippen molar-refractivity contribution >= 4 is 69.4 Å². The maximum absolute atomic E-state index is 5.46. The first-order valence-electron chi connectivity index (χ1n) is 19.6. The fraction of sp³-hybridized carbons (Fsp3) is 0.308. The van der Waals surface area contributed by atoms with Gasteiger partial charge in [-0.25, -0.2) is 35.7 Å². The summed E-state index contributed by atoms with van der Waals surface area (Å²) in [5, 5.41) is 5.39. The van der Waals surface area contributed by atoms with Gasteiger partial charge in [0, 0.05) is 134 Å². The summed E-state index contributed by atoms with van der Waals surface area (Å²) < 4.78 is 5.37. The van der Waals surface area contributed by atoms with Gasteiger partial charge in [-0.3, -0.25) is 25.4 Å². The van der Waals surface area contributed by atoms with E-state index >= 15 is 0 Å². The average Bonchev–Trinajstić information content (AvgIpc) is 4.20. The Hall–Kier alpha value is -6.01. The number of hydrazine groups is 2. The highest BCUT2D eigenvalue weighted by atomic mass is 32.1. The number of piperazine rings is 3. The molecule has 9 rings (SSSR count). The van der Waals surface area contributed by atoms with Crippen LogP contribution in [0.25, 0.3) is 0 Å². The zero-order chi connectivity index (χ0) is 43.1. The molecular weight excluding hydrogens is 831 g/mol. The van der Waals surface area contributed by atoms with E-state index < -0.39 is 0 Å². The van der Waals surface area contributed by atoms with Gasteiger partial charge in [-0.1, -0.05) is 18.2 Å². The lowest BCUT2D eigenvalue weighted by Crippen LogP contribution is -2.53. The van der Waals surface area contributed by atoms with E-state index in [2.05, 4.69) is 82.9 Å². The summed E-state index contributed by atoms with van der Waals surface area (Å²) in [4.78, 5) is 35.9. The summed E-state index contributed by atoms with van der Waals surface area (Å²) in [6.07, 6.45) is 21.1. The molecule has 19 nitrogen and oxygen atoms in total. The first-order valence-corrected chi connectivity index (χ1v) is 20.8. The first-order chi connectivity index (χ1) is 30.0. The Balaban J connectivity index is 0.000000154. The molecule has 6 aromatic rings. The third kappa shape index (κ3) is 14.3. The van der Waals surface area contributed by atoms with E-state index in [1.165, 1.54) is 0 Å². The van der Waals surface area contributed by atoms with Crippen LogP contribution < -0.4 is 43.0 Å². The highest BCUT2D eigenvalue weighted by molar-refractivity contribution is 7.80. The highest BCUT2D eigenvalue weighted by Gasteiger charge is 2.21. The Morgan fingerprint density at radius 3 is 1.21 bits per heavy atom. The number of hydrogen-bond donors (Lipinski definition) is 5. The van der Waals surface area contributed by atoms with E-state index in [1.807, 2.05) is 77.9 Å². The van der Waals surface area contributed by atoms with Crippen LogP contribution in [-0.2, 0) is 0 Å². The maximum atomic E-state index is 5.46. The smallest absolute Gasteiger partial charge is 0.190 e. The van der Waals surface area contributed by atoms with Crippen molar-refractivity contribution in [3.05, 3.63) is 129 Å². The summed E-state index contributed by atoms with van der Waals surface area (Å²) in [6, 6.07) is 18.0. The van der Waals surface area contributed by atoms with Gasteiger partial charge in [0.15, 0.2) is 15.3 Å². The number of imidazole rings is 3. The molecule has 3 saturated heterocycles. The average molecular weight is 884 g/mol. The molecule has 0 radical (unpaired) electrons. The molecule has 0 unspecified atom stereocenters. The van der Waals surface area contributed by atoms with Crippen molar-refractivity contribution in [1.82, 2.24) is 64.1 Å². The second kappa shape index (κ2) is 25.6. The van der Waals surface area contributed by atoms with Crippen molar-refractivity contribution in [2.45, 2.75) is 0 Å². The lowest BCUT2D eigenvalue weighted by molar-refractivity contribution is 0.380. The van der Waals surface area contributed by atoms with E-state index in [-0.39, 0.29) is 0 Å². The molecule has 8 N–H and O–H groups in total. The van der Waals surface area contributed by atoms with E-state index in [0.717, 1.165) is 101 Å². The van der Waals surface area contributed by atoms with Crippen LogP contribution in [0, 0.1) is 0 Å². The van der Waals surface area contributed by atoms with Crippen molar-refractivity contribution in [3.8, 4) is 0 Å². The SMILES string of the molecule is NN.NNC(=S)N1CCN(c2ccccn2)CC1.S=C(N1CCN(c2ccccn2)CC1)n1ccnc1.S=C(n1ccnc1)n1ccnc1.c1ccc(N2CCNCC2)nc1. The highest BCUT2D eigenvalue weighted by Crippen LogP contribution is 2.14. The summed E-state index contributed by atoms with van der Waals surface area (Å²) in [5.74, 6) is 16.4. The summed E-state index contributed by atoms with van der Waals surface area (Å²) in [6.45, 7) is 11.5. The second-order valence-corrected chi connectivity index (χ2v) is 14.3. The third-order valence-corrected chi connectivity index (χ3v) is 10.7. The number of nitrogens with one attached hydrogen (secondary N) is 2. The van der Waals surface area contributed by atoms with Crippen LogP contribution in [0.5, 0.6) is 0 Å². The molecule has 6 aromatic heterocycles. The Kier molecular flexibility index (Phi) is 19.3. The minimum atomic E-state index is 0.612. The third-order valence-electron chi connectivity index (χ3n) is 9.45. The molecule has 0 atom stereocenters. The fourth-order valence-electron chi connectivity index (χ4n) is 6.29. The molecule has 322 valence electrons. The predicted molar refractivity (Wildman–Crippen MR) is 252 cm³/mol. The van der Waals surface area contributed by atoms with Gasteiger partial charge in [-0.15, -0.1) is 0 Å². The van der Waals surface area contributed by atoms with E-state index in [1.54, 1.807) is 59.1 Å². The van der Waals surface area contributed by atoms with Crippen molar-refractivity contribution in [2.24, 2.45) is 17.5 Å². The quantitative estimate of drug-likeness (QED) is 0.0963.